The average molecular weight is 504 g/mol. The van der Waals surface area contributed by atoms with Gasteiger partial charge in [-0.15, -0.1) is 0 Å². The molecule has 2 amide bonds. The molecule has 0 spiro atoms. The van der Waals surface area contributed by atoms with Gasteiger partial charge in [-0.05, 0) is 12.0 Å². The second-order valence-corrected chi connectivity index (χ2v) is 8.04. The maximum atomic E-state index is 14.3. The lowest BCUT2D eigenvalue weighted by Gasteiger charge is -2.11. The topological polar surface area (TPSA) is 147 Å². The molecule has 3 heterocycles. The molecule has 4 aromatic rings. The first-order valence-electron chi connectivity index (χ1n) is 11.6. The summed E-state index contributed by atoms with van der Waals surface area (Å²) in [7, 11) is 1.46. The van der Waals surface area contributed by atoms with Gasteiger partial charge in [-0.3, -0.25) is 14.6 Å². The van der Waals surface area contributed by atoms with E-state index in [1.165, 1.54) is 20.3 Å². The summed E-state index contributed by atoms with van der Waals surface area (Å²) >= 11 is 0. The van der Waals surface area contributed by atoms with Crippen molar-refractivity contribution in [3.63, 3.8) is 0 Å². The number of carbonyl (C=O) groups excluding carboxylic acids is 2. The Balaban J connectivity index is 1.40. The molecule has 0 aliphatic heterocycles. The standard InChI is InChI=1S/C25H26FN9O2/c1-15(36)28-8-9-30-25-32-11-17(12-33-25)20-10-21(35-14-34-20)29-7-6-16-4-3-5-18-22(24(37)27-2)19(26)13-31-23(16)18/h3-5,10-14H,6-9H2,1-2H3,(H,27,37)(H,28,36)(H,29,34,35)(H,30,32,33). The van der Waals surface area contributed by atoms with Gasteiger partial charge in [0.05, 0.1) is 23.0 Å². The van der Waals surface area contributed by atoms with Crippen molar-refractivity contribution in [2.45, 2.75) is 13.3 Å². The number of nitrogens with zero attached hydrogens (tertiary/aromatic N) is 5. The Kier molecular flexibility index (Phi) is 8.08. The van der Waals surface area contributed by atoms with E-state index >= 15 is 0 Å². The lowest BCUT2D eigenvalue weighted by atomic mass is 10.0. The van der Waals surface area contributed by atoms with Gasteiger partial charge in [-0.1, -0.05) is 18.2 Å². The van der Waals surface area contributed by atoms with E-state index in [2.05, 4.69) is 46.2 Å². The highest BCUT2D eigenvalue weighted by Crippen LogP contribution is 2.23. The van der Waals surface area contributed by atoms with Crippen molar-refractivity contribution in [2.75, 3.05) is 37.3 Å². The van der Waals surface area contributed by atoms with Crippen molar-refractivity contribution >= 4 is 34.5 Å². The van der Waals surface area contributed by atoms with Crippen LogP contribution in [-0.4, -0.2) is 63.4 Å². The highest BCUT2D eigenvalue weighted by molar-refractivity contribution is 6.06. The van der Waals surface area contributed by atoms with E-state index in [4.69, 9.17) is 0 Å². The number of aromatic nitrogens is 5. The second-order valence-electron chi connectivity index (χ2n) is 8.04. The molecule has 0 atom stereocenters. The Morgan fingerprint density at radius 2 is 1.76 bits per heavy atom. The second kappa shape index (κ2) is 11.8. The smallest absolute Gasteiger partial charge is 0.254 e. The number of pyridine rings is 1. The molecule has 190 valence electrons. The summed E-state index contributed by atoms with van der Waals surface area (Å²) in [5, 5.41) is 11.9. The number of amides is 2. The van der Waals surface area contributed by atoms with Crippen LogP contribution in [0.1, 0.15) is 22.8 Å². The van der Waals surface area contributed by atoms with Crippen LogP contribution in [0.2, 0.25) is 0 Å². The molecule has 3 aromatic heterocycles. The van der Waals surface area contributed by atoms with Crippen LogP contribution in [0.25, 0.3) is 22.2 Å². The van der Waals surface area contributed by atoms with Gasteiger partial charge in [0.15, 0.2) is 5.82 Å². The Labute approximate surface area is 212 Å². The Morgan fingerprint density at radius 3 is 2.51 bits per heavy atom. The van der Waals surface area contributed by atoms with Crippen LogP contribution in [0, 0.1) is 5.82 Å². The van der Waals surface area contributed by atoms with Gasteiger partial charge in [0.25, 0.3) is 5.91 Å². The van der Waals surface area contributed by atoms with Crippen LogP contribution in [-0.2, 0) is 11.2 Å². The fourth-order valence-corrected chi connectivity index (χ4v) is 3.72. The Morgan fingerprint density at radius 1 is 0.946 bits per heavy atom. The number of halogens is 1. The summed E-state index contributed by atoms with van der Waals surface area (Å²) < 4.78 is 14.3. The summed E-state index contributed by atoms with van der Waals surface area (Å²) in [5.41, 5.74) is 2.81. The third-order valence-electron chi connectivity index (χ3n) is 5.49. The molecule has 0 bridgehead atoms. The lowest BCUT2D eigenvalue weighted by Crippen LogP contribution is -2.26. The molecule has 4 rings (SSSR count). The lowest BCUT2D eigenvalue weighted by molar-refractivity contribution is -0.118. The molecule has 0 aliphatic carbocycles. The normalized spacial score (nSPS) is 10.7. The van der Waals surface area contributed by atoms with Crippen LogP contribution in [0.4, 0.5) is 16.2 Å². The number of benzene rings is 1. The molecular formula is C25H26FN9O2. The zero-order chi connectivity index (χ0) is 26.2. The summed E-state index contributed by atoms with van der Waals surface area (Å²) in [5.74, 6) is -0.178. The van der Waals surface area contributed by atoms with E-state index < -0.39 is 11.7 Å². The van der Waals surface area contributed by atoms with E-state index in [1.54, 1.807) is 30.6 Å². The summed E-state index contributed by atoms with van der Waals surface area (Å²) in [6.07, 6.45) is 6.42. The molecule has 11 nitrogen and oxygen atoms in total. The first kappa shape index (κ1) is 25.4. The van der Waals surface area contributed by atoms with Crippen LogP contribution in [0.5, 0.6) is 0 Å². The quantitative estimate of drug-likeness (QED) is 0.239. The fraction of sp³-hybridized carbons (Fsp3) is 0.240. The van der Waals surface area contributed by atoms with Gasteiger partial charge >= 0.3 is 0 Å². The van der Waals surface area contributed by atoms with Gasteiger partial charge < -0.3 is 21.3 Å². The number of fused-ring (bicyclic) bond motifs is 1. The number of para-hydroxylation sites is 1. The van der Waals surface area contributed by atoms with Gasteiger partial charge in [-0.25, -0.2) is 24.3 Å². The summed E-state index contributed by atoms with van der Waals surface area (Å²) in [6, 6.07) is 7.17. The average Bonchev–Trinajstić information content (AvgIpc) is 2.91. The summed E-state index contributed by atoms with van der Waals surface area (Å²) in [4.78, 5) is 44.5. The Hall–Kier alpha value is -4.74. The first-order chi connectivity index (χ1) is 18.0. The number of hydrogen-bond acceptors (Lipinski definition) is 9. The highest BCUT2D eigenvalue weighted by atomic mass is 19.1. The summed E-state index contributed by atoms with van der Waals surface area (Å²) in [6.45, 7) is 2.97. The monoisotopic (exact) mass is 503 g/mol. The number of rotatable bonds is 10. The molecule has 0 unspecified atom stereocenters. The van der Waals surface area contributed by atoms with Gasteiger partial charge in [-0.2, -0.15) is 0 Å². The molecule has 4 N–H and O–H groups in total. The zero-order valence-corrected chi connectivity index (χ0v) is 20.4. The van der Waals surface area contributed by atoms with E-state index in [0.29, 0.717) is 54.4 Å². The fourth-order valence-electron chi connectivity index (χ4n) is 3.72. The maximum absolute atomic E-state index is 14.3. The molecule has 0 saturated carbocycles. The maximum Gasteiger partial charge on any atom is 0.254 e. The third kappa shape index (κ3) is 6.28. The van der Waals surface area contributed by atoms with E-state index in [9.17, 15) is 14.0 Å². The van der Waals surface area contributed by atoms with E-state index in [1.807, 2.05) is 6.07 Å². The van der Waals surface area contributed by atoms with Crippen LogP contribution >= 0.6 is 0 Å². The molecule has 0 saturated heterocycles. The number of nitrogens with one attached hydrogen (secondary N) is 4. The van der Waals surface area contributed by atoms with Crippen molar-refractivity contribution in [1.82, 2.24) is 35.6 Å². The third-order valence-corrected chi connectivity index (χ3v) is 5.49. The van der Waals surface area contributed by atoms with Crippen molar-refractivity contribution in [3.8, 4) is 11.3 Å². The van der Waals surface area contributed by atoms with E-state index in [0.717, 1.165) is 17.3 Å². The molecule has 0 radical (unpaired) electrons. The minimum absolute atomic E-state index is 0.0149. The molecule has 37 heavy (non-hydrogen) atoms. The van der Waals surface area contributed by atoms with Crippen molar-refractivity contribution in [2.24, 2.45) is 0 Å². The molecule has 0 fully saturated rings. The minimum Gasteiger partial charge on any atom is -0.370 e. The van der Waals surface area contributed by atoms with Gasteiger partial charge in [0, 0.05) is 63.0 Å². The van der Waals surface area contributed by atoms with Gasteiger partial charge in [0.2, 0.25) is 11.9 Å². The molecular weight excluding hydrogens is 477 g/mol. The number of anilines is 2. The zero-order valence-electron chi connectivity index (χ0n) is 20.4. The first-order valence-corrected chi connectivity index (χ1v) is 11.6. The molecule has 1 aromatic carbocycles. The largest absolute Gasteiger partial charge is 0.370 e. The predicted molar refractivity (Wildman–Crippen MR) is 138 cm³/mol. The highest BCUT2D eigenvalue weighted by Gasteiger charge is 2.17. The van der Waals surface area contributed by atoms with Crippen molar-refractivity contribution < 1.29 is 14.0 Å². The minimum atomic E-state index is -0.659. The van der Waals surface area contributed by atoms with Gasteiger partial charge in [0.1, 0.15) is 12.1 Å². The number of hydrogen-bond donors (Lipinski definition) is 4. The van der Waals surface area contributed by atoms with Crippen LogP contribution in [0.3, 0.4) is 0 Å². The molecule has 12 heteroatoms. The van der Waals surface area contributed by atoms with Crippen LogP contribution in [0.15, 0.2) is 49.2 Å². The Bertz CT molecular complexity index is 1410. The number of carbonyl (C=O) groups is 2. The van der Waals surface area contributed by atoms with Crippen molar-refractivity contribution in [3.05, 3.63) is 66.1 Å². The predicted octanol–water partition coefficient (Wildman–Crippen LogP) is 2.18. The van der Waals surface area contributed by atoms with Crippen LogP contribution < -0.4 is 21.3 Å². The van der Waals surface area contributed by atoms with E-state index in [-0.39, 0.29) is 11.5 Å². The van der Waals surface area contributed by atoms with Crippen molar-refractivity contribution in [1.29, 1.82) is 0 Å². The SMILES string of the molecule is CNC(=O)c1c(F)cnc2c(CCNc3cc(-c4cnc(NCCNC(C)=O)nc4)ncn3)cccc12. The molecule has 0 aliphatic rings.